The predicted octanol–water partition coefficient (Wildman–Crippen LogP) is 3.71. The molecule has 0 saturated heterocycles. The van der Waals surface area contributed by atoms with E-state index in [-0.39, 0.29) is 16.0 Å². The van der Waals surface area contributed by atoms with Crippen LogP contribution in [0.3, 0.4) is 0 Å². The van der Waals surface area contributed by atoms with Gasteiger partial charge in [-0.05, 0) is 49.0 Å². The van der Waals surface area contributed by atoms with Gasteiger partial charge in [0.15, 0.2) is 0 Å². The molecule has 0 aromatic heterocycles. The SMILES string of the molecule is CN(C)C1=CC(c2c(-c3ccccc3)cccc2S(N)(=O)=O)=CC(F)(N(C)C)C1(F)F. The highest BCUT2D eigenvalue weighted by molar-refractivity contribution is 7.89. The Morgan fingerprint density at radius 1 is 0.903 bits per heavy atom. The number of hydrogen-bond donors (Lipinski definition) is 1. The molecule has 0 radical (unpaired) electrons. The van der Waals surface area contributed by atoms with Gasteiger partial charge in [0.05, 0.1) is 10.6 Å². The molecule has 3 rings (SSSR count). The molecule has 0 saturated carbocycles. The third-order valence-electron chi connectivity index (χ3n) is 5.24. The summed E-state index contributed by atoms with van der Waals surface area (Å²) in [5, 5.41) is 5.45. The van der Waals surface area contributed by atoms with Crippen molar-refractivity contribution in [2.75, 3.05) is 28.2 Å². The summed E-state index contributed by atoms with van der Waals surface area (Å²) in [6.07, 6.45) is 1.87. The van der Waals surface area contributed by atoms with Crippen molar-refractivity contribution in [3.05, 3.63) is 71.9 Å². The zero-order valence-electron chi connectivity index (χ0n) is 17.6. The molecule has 0 amide bonds. The van der Waals surface area contributed by atoms with Gasteiger partial charge in [0.25, 0.3) is 5.79 Å². The third kappa shape index (κ3) is 3.88. The molecule has 2 N–H and O–H groups in total. The normalized spacial score (nSPS) is 20.9. The molecular formula is C22H24F3N3O2S. The zero-order valence-corrected chi connectivity index (χ0v) is 18.4. The average Bonchev–Trinajstić information content (AvgIpc) is 2.69. The molecule has 1 unspecified atom stereocenters. The van der Waals surface area contributed by atoms with E-state index in [1.165, 1.54) is 40.3 Å². The van der Waals surface area contributed by atoms with Gasteiger partial charge in [-0.1, -0.05) is 42.5 Å². The lowest BCUT2D eigenvalue weighted by atomic mass is 9.86. The second-order valence-electron chi connectivity index (χ2n) is 7.76. The van der Waals surface area contributed by atoms with Crippen LogP contribution in [0.25, 0.3) is 16.7 Å². The van der Waals surface area contributed by atoms with E-state index >= 15 is 13.2 Å². The Labute approximate surface area is 180 Å². The Hall–Kier alpha value is -2.62. The summed E-state index contributed by atoms with van der Waals surface area (Å²) in [6.45, 7) is 0. The fourth-order valence-electron chi connectivity index (χ4n) is 3.64. The number of halogens is 3. The molecule has 166 valence electrons. The van der Waals surface area contributed by atoms with Gasteiger partial charge in [0.2, 0.25) is 10.0 Å². The number of benzene rings is 2. The Kier molecular flexibility index (Phi) is 5.81. The maximum absolute atomic E-state index is 15.8. The van der Waals surface area contributed by atoms with Crippen LogP contribution in [0.4, 0.5) is 13.2 Å². The summed E-state index contributed by atoms with van der Waals surface area (Å²) in [4.78, 5) is 1.61. The standard InChI is InChI=1S/C22H24F3N3O2S/c1-27(2)19-13-16(14-21(23,28(3)4)22(19,24)25)20-17(15-9-6-5-7-10-15)11-8-12-18(20)31(26,29)30/h5-14H,1-4H3,(H2,26,29,30). The molecule has 0 fully saturated rings. The van der Waals surface area contributed by atoms with Crippen molar-refractivity contribution in [2.24, 2.45) is 5.14 Å². The minimum absolute atomic E-state index is 0.00527. The van der Waals surface area contributed by atoms with Crippen LogP contribution in [-0.2, 0) is 10.0 Å². The van der Waals surface area contributed by atoms with E-state index in [0.29, 0.717) is 11.1 Å². The number of likely N-dealkylation sites (N-methyl/N-ethyl adjacent to an activating group) is 1. The Morgan fingerprint density at radius 2 is 1.52 bits per heavy atom. The van der Waals surface area contributed by atoms with Crippen molar-refractivity contribution in [3.63, 3.8) is 0 Å². The Balaban J connectivity index is 2.44. The number of sulfonamides is 1. The largest absolute Gasteiger partial charge is 0.376 e. The molecule has 31 heavy (non-hydrogen) atoms. The van der Waals surface area contributed by atoms with E-state index in [2.05, 4.69) is 0 Å². The first-order chi connectivity index (χ1) is 14.3. The van der Waals surface area contributed by atoms with Crippen molar-refractivity contribution in [1.82, 2.24) is 9.80 Å². The fraction of sp³-hybridized carbons (Fsp3) is 0.273. The van der Waals surface area contributed by atoms with Crippen LogP contribution in [0.1, 0.15) is 5.56 Å². The molecule has 0 spiro atoms. The summed E-state index contributed by atoms with van der Waals surface area (Å²) in [7, 11) is 0.908. The molecule has 9 heteroatoms. The van der Waals surface area contributed by atoms with Crippen LogP contribution in [0.2, 0.25) is 0 Å². The van der Waals surface area contributed by atoms with Crippen LogP contribution >= 0.6 is 0 Å². The Bertz CT molecular complexity index is 1160. The lowest BCUT2D eigenvalue weighted by Gasteiger charge is -2.42. The van der Waals surface area contributed by atoms with Crippen LogP contribution in [0.5, 0.6) is 0 Å². The highest BCUT2D eigenvalue weighted by Crippen LogP contribution is 2.49. The molecule has 1 aliphatic carbocycles. The highest BCUT2D eigenvalue weighted by atomic mass is 32.2. The van der Waals surface area contributed by atoms with E-state index in [1.54, 1.807) is 36.4 Å². The summed E-state index contributed by atoms with van der Waals surface area (Å²) in [5.74, 6) is -7.08. The zero-order chi connectivity index (χ0) is 23.2. The van der Waals surface area contributed by atoms with Gasteiger partial charge in [0, 0.05) is 19.7 Å². The summed E-state index contributed by atoms with van der Waals surface area (Å²) in [5.41, 5.74) is 0.531. The van der Waals surface area contributed by atoms with E-state index in [1.807, 2.05) is 0 Å². The van der Waals surface area contributed by atoms with E-state index in [0.717, 1.165) is 22.0 Å². The molecule has 0 heterocycles. The number of allylic oxidation sites excluding steroid dienone is 2. The molecule has 5 nitrogen and oxygen atoms in total. The third-order valence-corrected chi connectivity index (χ3v) is 6.19. The summed E-state index contributed by atoms with van der Waals surface area (Å²) >= 11 is 0. The lowest BCUT2D eigenvalue weighted by molar-refractivity contribution is -0.159. The maximum atomic E-state index is 15.8. The first-order valence-electron chi connectivity index (χ1n) is 9.39. The number of nitrogens with two attached hydrogens (primary N) is 1. The van der Waals surface area contributed by atoms with E-state index < -0.39 is 27.4 Å². The minimum Gasteiger partial charge on any atom is -0.376 e. The number of alkyl halides is 3. The van der Waals surface area contributed by atoms with Gasteiger partial charge in [-0.15, -0.1) is 0 Å². The van der Waals surface area contributed by atoms with Gasteiger partial charge in [-0.25, -0.2) is 17.9 Å². The first kappa shape index (κ1) is 23.1. The minimum atomic E-state index is -4.24. The topological polar surface area (TPSA) is 66.6 Å². The lowest BCUT2D eigenvalue weighted by Crippen LogP contribution is -2.57. The maximum Gasteiger partial charge on any atom is 0.337 e. The van der Waals surface area contributed by atoms with Gasteiger partial charge in [-0.3, -0.25) is 4.90 Å². The second-order valence-corrected chi connectivity index (χ2v) is 9.29. The highest BCUT2D eigenvalue weighted by Gasteiger charge is 2.60. The number of hydrogen-bond acceptors (Lipinski definition) is 4. The van der Waals surface area contributed by atoms with Crippen LogP contribution in [-0.4, -0.2) is 58.1 Å². The van der Waals surface area contributed by atoms with Crippen molar-refractivity contribution in [3.8, 4) is 11.1 Å². The Morgan fingerprint density at radius 3 is 2.03 bits per heavy atom. The van der Waals surface area contributed by atoms with Gasteiger partial charge >= 0.3 is 5.92 Å². The molecule has 0 aliphatic heterocycles. The monoisotopic (exact) mass is 451 g/mol. The molecule has 1 atom stereocenters. The van der Waals surface area contributed by atoms with E-state index in [9.17, 15) is 8.42 Å². The van der Waals surface area contributed by atoms with Gasteiger partial charge in [0.1, 0.15) is 0 Å². The average molecular weight is 452 g/mol. The molecule has 0 bridgehead atoms. The molecule has 1 aliphatic rings. The van der Waals surface area contributed by atoms with Crippen LogP contribution in [0.15, 0.2) is 71.3 Å². The summed E-state index contributed by atoms with van der Waals surface area (Å²) < 4.78 is 70.9. The quantitative estimate of drug-likeness (QED) is 0.704. The number of nitrogens with zero attached hydrogens (tertiary/aromatic N) is 2. The van der Waals surface area contributed by atoms with E-state index in [4.69, 9.17) is 5.14 Å². The summed E-state index contributed by atoms with van der Waals surface area (Å²) in [6, 6.07) is 13.2. The predicted molar refractivity (Wildman–Crippen MR) is 115 cm³/mol. The van der Waals surface area contributed by atoms with Crippen molar-refractivity contribution < 1.29 is 21.6 Å². The van der Waals surface area contributed by atoms with Gasteiger partial charge in [-0.2, -0.15) is 8.78 Å². The van der Waals surface area contributed by atoms with Crippen molar-refractivity contribution in [2.45, 2.75) is 16.6 Å². The second kappa shape index (κ2) is 7.81. The number of rotatable bonds is 5. The number of primary sulfonamides is 1. The van der Waals surface area contributed by atoms with Gasteiger partial charge < -0.3 is 4.90 Å². The van der Waals surface area contributed by atoms with Crippen LogP contribution < -0.4 is 5.14 Å². The molecule has 2 aromatic rings. The smallest absolute Gasteiger partial charge is 0.337 e. The molecular weight excluding hydrogens is 427 g/mol. The fourth-order valence-corrected chi connectivity index (χ4v) is 4.42. The van der Waals surface area contributed by atoms with Crippen LogP contribution in [0, 0.1) is 0 Å². The first-order valence-corrected chi connectivity index (χ1v) is 10.9. The van der Waals surface area contributed by atoms with Crippen molar-refractivity contribution in [1.29, 1.82) is 0 Å². The molecule has 2 aromatic carbocycles. The van der Waals surface area contributed by atoms with Crippen molar-refractivity contribution >= 4 is 15.6 Å².